The predicted molar refractivity (Wildman–Crippen MR) is 92.6 cm³/mol. The summed E-state index contributed by atoms with van der Waals surface area (Å²) in [5.74, 6) is -2.77. The molecule has 0 aliphatic heterocycles. The second-order valence-corrected chi connectivity index (χ2v) is 6.75. The van der Waals surface area contributed by atoms with Gasteiger partial charge in [0.1, 0.15) is 0 Å². The zero-order valence-corrected chi connectivity index (χ0v) is 15.3. The maximum Gasteiger partial charge on any atom is 0.320 e. The molecule has 0 aromatic heterocycles. The molecule has 1 unspecified atom stereocenters. The summed E-state index contributed by atoms with van der Waals surface area (Å²) < 4.78 is 21.8. The van der Waals surface area contributed by atoms with Crippen molar-refractivity contribution in [2.24, 2.45) is 11.8 Å². The van der Waals surface area contributed by atoms with Crippen molar-refractivity contribution in [1.29, 1.82) is 0 Å². The van der Waals surface area contributed by atoms with Gasteiger partial charge in [-0.3, -0.25) is 9.59 Å². The molecule has 0 amide bonds. The van der Waals surface area contributed by atoms with Crippen molar-refractivity contribution in [1.82, 2.24) is 0 Å². The van der Waals surface area contributed by atoms with Gasteiger partial charge in [0.05, 0.1) is 25.0 Å². The number of methoxy groups -OCH3 is 2. The lowest BCUT2D eigenvalue weighted by molar-refractivity contribution is -0.160. The Bertz CT molecular complexity index is 590. The van der Waals surface area contributed by atoms with Gasteiger partial charge in [0.25, 0.3) is 0 Å². The van der Waals surface area contributed by atoms with E-state index in [1.807, 2.05) is 26.0 Å². The number of carbonyl (C=O) groups excluding carboxylic acids is 2. The Kier molecular flexibility index (Phi) is 8.40. The Hall–Kier alpha value is -1.95. The number of carbonyl (C=O) groups is 2. The van der Waals surface area contributed by atoms with Gasteiger partial charge in [-0.1, -0.05) is 37.1 Å². The van der Waals surface area contributed by atoms with Gasteiger partial charge in [-0.15, -0.1) is 0 Å². The van der Waals surface area contributed by atoms with Crippen LogP contribution in [0.25, 0.3) is 0 Å². The van der Waals surface area contributed by atoms with Gasteiger partial charge in [-0.05, 0) is 25.5 Å². The Balaban J connectivity index is 3.01. The molecule has 0 radical (unpaired) electrons. The molecule has 0 heterocycles. The predicted octanol–water partition coefficient (Wildman–Crippen LogP) is 2.99. The van der Waals surface area contributed by atoms with Crippen molar-refractivity contribution in [3.05, 3.63) is 41.3 Å². The van der Waals surface area contributed by atoms with Crippen molar-refractivity contribution >= 4 is 22.7 Å². The molecule has 0 aliphatic rings. The minimum absolute atomic E-state index is 0.427. The minimum atomic E-state index is -1.35. The molecular weight excluding hydrogens is 328 g/mol. The molecule has 0 spiro atoms. The normalized spacial score (nSPS) is 13.7. The lowest BCUT2D eigenvalue weighted by Crippen LogP contribution is -2.32. The largest absolute Gasteiger partial charge is 0.468 e. The number of rotatable bonds is 8. The quantitative estimate of drug-likeness (QED) is 0.531. The summed E-state index contributed by atoms with van der Waals surface area (Å²) in [4.78, 5) is 24.6. The molecule has 0 aliphatic carbocycles. The third-order valence-corrected chi connectivity index (χ3v) is 4.80. The minimum Gasteiger partial charge on any atom is -0.468 e. The first-order chi connectivity index (χ1) is 11.4. The number of benzene rings is 1. The molecule has 0 bridgehead atoms. The molecule has 2 atom stereocenters. The monoisotopic (exact) mass is 352 g/mol. The van der Waals surface area contributed by atoms with E-state index in [-0.39, 0.29) is 0 Å². The van der Waals surface area contributed by atoms with Crippen molar-refractivity contribution in [2.45, 2.75) is 31.6 Å². The molecule has 6 heteroatoms. The van der Waals surface area contributed by atoms with Crippen molar-refractivity contribution in [2.75, 3.05) is 14.2 Å². The lowest BCUT2D eigenvalue weighted by Gasteiger charge is -2.19. The van der Waals surface area contributed by atoms with Gasteiger partial charge in [-0.2, -0.15) is 0 Å². The molecule has 0 N–H and O–H groups in total. The van der Waals surface area contributed by atoms with Crippen LogP contribution in [0.1, 0.15) is 25.3 Å². The van der Waals surface area contributed by atoms with Crippen LogP contribution in [-0.2, 0) is 29.9 Å². The van der Waals surface area contributed by atoms with Crippen LogP contribution in [0.4, 0.5) is 0 Å². The zero-order valence-electron chi connectivity index (χ0n) is 14.5. The number of ether oxygens (including phenoxy) is 2. The standard InChI is InChI=1S/C18H24O5S/c1-5-6-14(16(17(19)22-3)18(20)23-4)11-12-24(21)15-9-7-13(2)8-10-15/h7-12,14,16H,5-6H2,1-4H3/b12-11+/t14-,24?/m1/s1. The van der Waals surface area contributed by atoms with Gasteiger partial charge in [0.15, 0.2) is 5.92 Å². The average Bonchev–Trinajstić information content (AvgIpc) is 2.59. The van der Waals surface area contributed by atoms with Crippen LogP contribution in [0.15, 0.2) is 40.6 Å². The molecular formula is C18H24O5S. The summed E-state index contributed by atoms with van der Waals surface area (Å²) >= 11 is 0. The summed E-state index contributed by atoms with van der Waals surface area (Å²) in [6, 6.07) is 7.36. The molecule has 132 valence electrons. The van der Waals surface area contributed by atoms with Gasteiger partial charge in [-0.25, -0.2) is 4.21 Å². The highest BCUT2D eigenvalue weighted by Crippen LogP contribution is 2.23. The maximum atomic E-state index is 12.4. The molecule has 24 heavy (non-hydrogen) atoms. The fourth-order valence-corrected chi connectivity index (χ4v) is 3.24. The van der Waals surface area contributed by atoms with E-state index in [2.05, 4.69) is 0 Å². The van der Waals surface area contributed by atoms with Gasteiger partial charge >= 0.3 is 11.9 Å². The van der Waals surface area contributed by atoms with E-state index in [1.165, 1.54) is 19.6 Å². The highest BCUT2D eigenvalue weighted by atomic mass is 32.2. The van der Waals surface area contributed by atoms with Crippen LogP contribution in [-0.4, -0.2) is 30.4 Å². The van der Waals surface area contributed by atoms with Crippen LogP contribution in [0, 0.1) is 18.8 Å². The first-order valence-electron chi connectivity index (χ1n) is 7.75. The topological polar surface area (TPSA) is 69.7 Å². The summed E-state index contributed by atoms with van der Waals surface area (Å²) in [5.41, 5.74) is 1.08. The van der Waals surface area contributed by atoms with E-state index >= 15 is 0 Å². The third kappa shape index (κ3) is 5.60. The highest BCUT2D eigenvalue weighted by Gasteiger charge is 2.35. The Labute approximate surface area is 145 Å². The fraction of sp³-hybridized carbons (Fsp3) is 0.444. The second kappa shape index (κ2) is 10.0. The number of allylic oxidation sites excluding steroid dienone is 1. The van der Waals surface area contributed by atoms with E-state index in [1.54, 1.807) is 18.2 Å². The van der Waals surface area contributed by atoms with Gasteiger partial charge in [0, 0.05) is 16.2 Å². The number of hydrogen-bond donors (Lipinski definition) is 0. The summed E-state index contributed by atoms with van der Waals surface area (Å²) in [7, 11) is 1.12. The van der Waals surface area contributed by atoms with Crippen molar-refractivity contribution < 1.29 is 23.3 Å². The van der Waals surface area contributed by atoms with Crippen molar-refractivity contribution in [3.8, 4) is 0 Å². The summed E-state index contributed by atoms with van der Waals surface area (Å²) in [5, 5.41) is 1.52. The maximum absolute atomic E-state index is 12.4. The Morgan fingerprint density at radius 2 is 1.67 bits per heavy atom. The Morgan fingerprint density at radius 1 is 1.12 bits per heavy atom. The molecule has 5 nitrogen and oxygen atoms in total. The molecule has 0 saturated heterocycles. The SMILES string of the molecule is CCC[C@H](/C=C/S(=O)c1ccc(C)cc1)C(C(=O)OC)C(=O)OC. The van der Waals surface area contributed by atoms with Gasteiger partial charge in [0.2, 0.25) is 0 Å². The van der Waals surface area contributed by atoms with E-state index in [4.69, 9.17) is 9.47 Å². The van der Waals surface area contributed by atoms with Crippen LogP contribution in [0.3, 0.4) is 0 Å². The van der Waals surface area contributed by atoms with Crippen LogP contribution < -0.4 is 0 Å². The second-order valence-electron chi connectivity index (χ2n) is 5.42. The average molecular weight is 352 g/mol. The number of hydrogen-bond acceptors (Lipinski definition) is 5. The molecule has 1 aromatic carbocycles. The van der Waals surface area contributed by atoms with E-state index < -0.39 is 34.6 Å². The van der Waals surface area contributed by atoms with E-state index in [0.717, 1.165) is 12.0 Å². The molecule has 0 fully saturated rings. The Morgan fingerprint density at radius 3 is 2.12 bits per heavy atom. The van der Waals surface area contributed by atoms with Crippen molar-refractivity contribution in [3.63, 3.8) is 0 Å². The lowest BCUT2D eigenvalue weighted by atomic mass is 9.88. The highest BCUT2D eigenvalue weighted by molar-refractivity contribution is 7.88. The summed E-state index contributed by atoms with van der Waals surface area (Å²) in [6.45, 7) is 3.90. The number of esters is 2. The molecule has 0 saturated carbocycles. The fourth-order valence-electron chi connectivity index (χ4n) is 2.33. The van der Waals surface area contributed by atoms with E-state index in [0.29, 0.717) is 11.3 Å². The smallest absolute Gasteiger partial charge is 0.320 e. The van der Waals surface area contributed by atoms with E-state index in [9.17, 15) is 13.8 Å². The van der Waals surface area contributed by atoms with Crippen LogP contribution >= 0.6 is 0 Å². The molecule has 1 rings (SSSR count). The zero-order chi connectivity index (χ0) is 18.1. The third-order valence-electron chi connectivity index (χ3n) is 3.66. The summed E-state index contributed by atoms with van der Waals surface area (Å²) in [6.07, 6.45) is 2.99. The van der Waals surface area contributed by atoms with Crippen LogP contribution in [0.5, 0.6) is 0 Å². The van der Waals surface area contributed by atoms with Gasteiger partial charge < -0.3 is 9.47 Å². The first-order valence-corrected chi connectivity index (χ1v) is 8.97. The first kappa shape index (κ1) is 20.1. The van der Waals surface area contributed by atoms with Crippen LogP contribution in [0.2, 0.25) is 0 Å². The molecule has 1 aromatic rings. The number of aryl methyl sites for hydroxylation is 1.